The van der Waals surface area contributed by atoms with Crippen molar-refractivity contribution in [3.05, 3.63) is 50.7 Å². The lowest BCUT2D eigenvalue weighted by Gasteiger charge is -2.09. The Morgan fingerprint density at radius 2 is 2.05 bits per heavy atom. The molecule has 2 rings (SSSR count). The van der Waals surface area contributed by atoms with E-state index in [1.54, 1.807) is 17.4 Å². The maximum Gasteiger partial charge on any atom is 0.240 e. The lowest BCUT2D eigenvalue weighted by atomic mass is 10.2. The first-order valence-corrected chi connectivity index (χ1v) is 9.25. The minimum Gasteiger partial charge on any atom is -0.326 e. The van der Waals surface area contributed by atoms with Crippen LogP contribution in [-0.4, -0.2) is 8.42 Å². The molecule has 2 aromatic rings. The van der Waals surface area contributed by atoms with E-state index in [1.165, 1.54) is 17.7 Å². The Balaban J connectivity index is 2.19. The highest BCUT2D eigenvalue weighted by atomic mass is 35.5. The summed E-state index contributed by atoms with van der Waals surface area (Å²) >= 11 is 7.50. The van der Waals surface area contributed by atoms with Crippen LogP contribution in [0, 0.1) is 0 Å². The molecule has 0 aliphatic rings. The fraction of sp³-hybridized carbons (Fsp3) is 0.286. The van der Waals surface area contributed by atoms with Gasteiger partial charge < -0.3 is 5.73 Å². The Kier molecular flexibility index (Phi) is 5.40. The predicted octanol–water partition coefficient (Wildman–Crippen LogP) is 2.90. The van der Waals surface area contributed by atoms with Crippen molar-refractivity contribution in [2.75, 3.05) is 0 Å². The van der Waals surface area contributed by atoms with E-state index in [0.717, 1.165) is 11.3 Å². The zero-order valence-electron chi connectivity index (χ0n) is 11.6. The molecule has 0 aliphatic heterocycles. The molecule has 0 amide bonds. The number of sulfonamides is 1. The van der Waals surface area contributed by atoms with Gasteiger partial charge in [-0.2, -0.15) is 0 Å². The molecule has 114 valence electrons. The van der Waals surface area contributed by atoms with Gasteiger partial charge in [-0.05, 0) is 47.2 Å². The van der Waals surface area contributed by atoms with E-state index in [0.29, 0.717) is 17.1 Å². The summed E-state index contributed by atoms with van der Waals surface area (Å²) in [6, 6.07) is 6.57. The smallest absolute Gasteiger partial charge is 0.240 e. The van der Waals surface area contributed by atoms with Crippen molar-refractivity contribution in [2.24, 2.45) is 5.73 Å². The van der Waals surface area contributed by atoms with Crippen LogP contribution < -0.4 is 10.5 Å². The van der Waals surface area contributed by atoms with Crippen molar-refractivity contribution in [1.29, 1.82) is 0 Å². The predicted molar refractivity (Wildman–Crippen MR) is 87.1 cm³/mol. The fourth-order valence-electron chi connectivity index (χ4n) is 1.96. The minimum atomic E-state index is -3.57. The first kappa shape index (κ1) is 16.5. The maximum atomic E-state index is 12.3. The monoisotopic (exact) mass is 344 g/mol. The normalized spacial score (nSPS) is 11.8. The van der Waals surface area contributed by atoms with Crippen LogP contribution in [0.25, 0.3) is 0 Å². The molecule has 0 unspecified atom stereocenters. The molecule has 1 aromatic carbocycles. The van der Waals surface area contributed by atoms with Crippen LogP contribution in [0.15, 0.2) is 34.5 Å². The molecule has 21 heavy (non-hydrogen) atoms. The van der Waals surface area contributed by atoms with Gasteiger partial charge in [0.1, 0.15) is 0 Å². The molecule has 0 saturated heterocycles. The van der Waals surface area contributed by atoms with Crippen LogP contribution >= 0.6 is 22.9 Å². The number of rotatable bonds is 6. The minimum absolute atomic E-state index is 0.182. The van der Waals surface area contributed by atoms with Crippen molar-refractivity contribution in [3.63, 3.8) is 0 Å². The third-order valence-electron chi connectivity index (χ3n) is 3.19. The van der Waals surface area contributed by atoms with Gasteiger partial charge in [-0.15, -0.1) is 11.3 Å². The number of benzene rings is 1. The molecule has 0 atom stereocenters. The van der Waals surface area contributed by atoms with Crippen LogP contribution in [0.1, 0.15) is 22.9 Å². The van der Waals surface area contributed by atoms with E-state index in [2.05, 4.69) is 4.72 Å². The highest BCUT2D eigenvalue weighted by Gasteiger charge is 2.16. The second kappa shape index (κ2) is 6.89. The molecule has 0 bridgehead atoms. The Morgan fingerprint density at radius 1 is 1.29 bits per heavy atom. The van der Waals surface area contributed by atoms with Crippen LogP contribution in [0.3, 0.4) is 0 Å². The van der Waals surface area contributed by atoms with E-state index in [-0.39, 0.29) is 11.4 Å². The summed E-state index contributed by atoms with van der Waals surface area (Å²) in [5.41, 5.74) is 7.34. The van der Waals surface area contributed by atoms with Crippen LogP contribution in [0.5, 0.6) is 0 Å². The number of nitrogens with two attached hydrogens (primary N) is 1. The second-order valence-corrected chi connectivity index (χ2v) is 7.68. The zero-order valence-corrected chi connectivity index (χ0v) is 14.0. The van der Waals surface area contributed by atoms with E-state index in [9.17, 15) is 8.42 Å². The molecular formula is C14H17ClN2O2S2. The van der Waals surface area contributed by atoms with Crippen LogP contribution in [-0.2, 0) is 29.5 Å². The van der Waals surface area contributed by atoms with Crippen molar-refractivity contribution in [1.82, 2.24) is 4.72 Å². The first-order chi connectivity index (χ1) is 9.97. The largest absolute Gasteiger partial charge is 0.326 e. The average molecular weight is 345 g/mol. The van der Waals surface area contributed by atoms with E-state index in [4.69, 9.17) is 17.3 Å². The molecule has 1 heterocycles. The summed E-state index contributed by atoms with van der Waals surface area (Å²) in [6.45, 7) is 2.55. The molecule has 0 spiro atoms. The number of nitrogens with one attached hydrogen (secondary N) is 1. The van der Waals surface area contributed by atoms with Crippen molar-refractivity contribution < 1.29 is 8.42 Å². The Labute approximate surface area is 134 Å². The molecule has 0 saturated carbocycles. The summed E-state index contributed by atoms with van der Waals surface area (Å²) in [7, 11) is -3.57. The van der Waals surface area contributed by atoms with Gasteiger partial charge in [0, 0.05) is 23.0 Å². The lowest BCUT2D eigenvalue weighted by Crippen LogP contribution is -2.23. The average Bonchev–Trinajstić information content (AvgIpc) is 2.93. The zero-order chi connectivity index (χ0) is 15.5. The highest BCUT2D eigenvalue weighted by molar-refractivity contribution is 7.89. The van der Waals surface area contributed by atoms with E-state index < -0.39 is 10.0 Å². The summed E-state index contributed by atoms with van der Waals surface area (Å²) in [4.78, 5) is 1.22. The van der Waals surface area contributed by atoms with Crippen LogP contribution in [0.4, 0.5) is 0 Å². The molecule has 4 nitrogen and oxygen atoms in total. The van der Waals surface area contributed by atoms with E-state index in [1.807, 2.05) is 18.4 Å². The molecule has 0 aliphatic carbocycles. The van der Waals surface area contributed by atoms with Gasteiger partial charge in [0.25, 0.3) is 0 Å². The van der Waals surface area contributed by atoms with Gasteiger partial charge in [-0.25, -0.2) is 13.1 Å². The lowest BCUT2D eigenvalue weighted by molar-refractivity contribution is 0.581. The van der Waals surface area contributed by atoms with Crippen molar-refractivity contribution >= 4 is 33.0 Å². The first-order valence-electron chi connectivity index (χ1n) is 6.51. The van der Waals surface area contributed by atoms with Crippen molar-refractivity contribution in [2.45, 2.75) is 31.3 Å². The molecule has 0 fully saturated rings. The topological polar surface area (TPSA) is 72.2 Å². The summed E-state index contributed by atoms with van der Waals surface area (Å²) in [5, 5.41) is 2.44. The second-order valence-electron chi connectivity index (χ2n) is 4.50. The maximum absolute atomic E-state index is 12.3. The van der Waals surface area contributed by atoms with Gasteiger partial charge >= 0.3 is 0 Å². The molecule has 0 radical (unpaired) electrons. The number of hydrogen-bond donors (Lipinski definition) is 2. The fourth-order valence-corrected chi connectivity index (χ4v) is 4.20. The molecular weight excluding hydrogens is 328 g/mol. The van der Waals surface area contributed by atoms with Crippen molar-refractivity contribution in [3.8, 4) is 0 Å². The van der Waals surface area contributed by atoms with Gasteiger partial charge in [0.2, 0.25) is 10.0 Å². The number of hydrogen-bond acceptors (Lipinski definition) is 4. The van der Waals surface area contributed by atoms with Gasteiger partial charge in [0.05, 0.1) is 4.90 Å². The quantitative estimate of drug-likeness (QED) is 0.846. The van der Waals surface area contributed by atoms with Gasteiger partial charge in [-0.3, -0.25) is 0 Å². The summed E-state index contributed by atoms with van der Waals surface area (Å²) in [6.07, 6.45) is 0.888. The van der Waals surface area contributed by atoms with Gasteiger partial charge in [-0.1, -0.05) is 18.5 Å². The SMILES string of the molecule is CCc1ccsc1CNS(=O)(=O)c1ccc(Cl)c(CN)c1. The van der Waals surface area contributed by atoms with E-state index >= 15 is 0 Å². The number of thiophene rings is 1. The number of aryl methyl sites for hydroxylation is 1. The molecule has 1 aromatic heterocycles. The summed E-state index contributed by atoms with van der Waals surface area (Å²) in [5.74, 6) is 0. The van der Waals surface area contributed by atoms with Gasteiger partial charge in [0.15, 0.2) is 0 Å². The molecule has 7 heteroatoms. The highest BCUT2D eigenvalue weighted by Crippen LogP contribution is 2.21. The van der Waals surface area contributed by atoms with Crippen LogP contribution in [0.2, 0.25) is 5.02 Å². The Morgan fingerprint density at radius 3 is 2.71 bits per heavy atom. The Hall–Kier alpha value is -0.920. The molecule has 3 N–H and O–H groups in total. The summed E-state index contributed by atoms with van der Waals surface area (Å²) < 4.78 is 27.3. The third kappa shape index (κ3) is 3.84. The third-order valence-corrected chi connectivity index (χ3v) is 5.92. The number of halogens is 1. The standard InChI is InChI=1S/C14H17ClN2O2S2/c1-2-10-5-6-20-14(10)9-17-21(18,19)12-3-4-13(15)11(7-12)8-16/h3-7,17H,2,8-9,16H2,1H3. The Bertz CT molecular complexity index is 726.